The van der Waals surface area contributed by atoms with Gasteiger partial charge in [0.15, 0.2) is 0 Å². The zero-order valence-corrected chi connectivity index (χ0v) is 14.1. The van der Waals surface area contributed by atoms with Crippen LogP contribution in [0, 0.1) is 0 Å². The van der Waals surface area contributed by atoms with Crippen molar-refractivity contribution in [3.63, 3.8) is 0 Å². The SMILES string of the molecule is CC1(C)C=C(C(=O)Nc2ccc(S(=O)(=O)O)cc2)C(C)(C)N1[O]. The summed E-state index contributed by atoms with van der Waals surface area (Å²) in [6.07, 6.45) is 1.63. The quantitative estimate of drug-likeness (QED) is 0.819. The Kier molecular flexibility index (Phi) is 4.15. The molecule has 0 unspecified atom stereocenters. The van der Waals surface area contributed by atoms with Gasteiger partial charge in [-0.25, -0.2) is 0 Å². The van der Waals surface area contributed by atoms with Crippen molar-refractivity contribution in [1.29, 1.82) is 0 Å². The van der Waals surface area contributed by atoms with E-state index in [1.54, 1.807) is 33.8 Å². The molecule has 1 aromatic carbocycles. The van der Waals surface area contributed by atoms with Crippen molar-refractivity contribution < 1.29 is 23.0 Å². The van der Waals surface area contributed by atoms with Crippen LogP contribution in [0.25, 0.3) is 0 Å². The van der Waals surface area contributed by atoms with Gasteiger partial charge >= 0.3 is 0 Å². The molecule has 1 aliphatic rings. The molecule has 2 N–H and O–H groups in total. The Morgan fingerprint density at radius 3 is 2.04 bits per heavy atom. The van der Waals surface area contributed by atoms with Gasteiger partial charge in [-0.15, -0.1) is 10.3 Å². The standard InChI is InChI=1S/C15H19N2O5S/c1-14(2)9-12(15(3,4)17(14)19)13(18)16-10-5-7-11(8-6-10)23(20,21)22/h5-9H,1-4H3,(H,16,18)(H,20,21,22). The predicted octanol–water partition coefficient (Wildman–Crippen LogP) is 2.02. The van der Waals surface area contributed by atoms with Gasteiger partial charge in [-0.05, 0) is 52.0 Å². The van der Waals surface area contributed by atoms with Gasteiger partial charge in [0.25, 0.3) is 16.0 Å². The maximum atomic E-state index is 12.4. The number of nitrogens with zero attached hydrogens (tertiary/aromatic N) is 1. The molecule has 7 nitrogen and oxygen atoms in total. The number of hydroxylamine groups is 2. The largest absolute Gasteiger partial charge is 0.322 e. The summed E-state index contributed by atoms with van der Waals surface area (Å²) in [6, 6.07) is 5.10. The van der Waals surface area contributed by atoms with Crippen LogP contribution in [-0.4, -0.2) is 35.0 Å². The molecule has 1 heterocycles. The second-order valence-corrected chi connectivity index (χ2v) is 7.94. The van der Waals surface area contributed by atoms with E-state index < -0.39 is 27.1 Å². The van der Waals surface area contributed by atoms with Crippen LogP contribution in [-0.2, 0) is 20.1 Å². The van der Waals surface area contributed by atoms with Crippen LogP contribution < -0.4 is 5.32 Å². The third-order valence-electron chi connectivity index (χ3n) is 3.84. The lowest BCUT2D eigenvalue weighted by Gasteiger charge is -2.33. The van der Waals surface area contributed by atoms with Crippen molar-refractivity contribution in [2.24, 2.45) is 0 Å². The Labute approximate surface area is 135 Å². The molecule has 1 amide bonds. The normalized spacial score (nSPS) is 20.2. The van der Waals surface area contributed by atoms with Crippen molar-refractivity contribution in [2.75, 3.05) is 5.32 Å². The number of hydrogen-bond donors (Lipinski definition) is 2. The first-order valence-electron chi connectivity index (χ1n) is 6.95. The van der Waals surface area contributed by atoms with E-state index in [4.69, 9.17) is 4.55 Å². The summed E-state index contributed by atoms with van der Waals surface area (Å²) in [6.45, 7) is 6.79. The lowest BCUT2D eigenvalue weighted by atomic mass is 9.96. The Morgan fingerprint density at radius 1 is 1.13 bits per heavy atom. The number of anilines is 1. The molecule has 2 rings (SSSR count). The van der Waals surface area contributed by atoms with Crippen molar-refractivity contribution in [1.82, 2.24) is 5.06 Å². The zero-order chi connectivity index (χ0) is 17.6. The van der Waals surface area contributed by atoms with E-state index in [-0.39, 0.29) is 4.90 Å². The highest BCUT2D eigenvalue weighted by Crippen LogP contribution is 2.39. The van der Waals surface area contributed by atoms with Crippen molar-refractivity contribution >= 4 is 21.7 Å². The van der Waals surface area contributed by atoms with Crippen LogP contribution in [0.1, 0.15) is 27.7 Å². The Hall–Kier alpha value is -1.74. The summed E-state index contributed by atoms with van der Waals surface area (Å²) < 4.78 is 30.9. The number of benzene rings is 1. The first-order valence-corrected chi connectivity index (χ1v) is 8.39. The number of carbonyl (C=O) groups is 1. The second kappa shape index (κ2) is 5.41. The maximum Gasteiger partial charge on any atom is 0.294 e. The van der Waals surface area contributed by atoms with E-state index in [2.05, 4.69) is 5.32 Å². The van der Waals surface area contributed by atoms with Gasteiger partial charge in [-0.1, -0.05) is 6.08 Å². The summed E-state index contributed by atoms with van der Waals surface area (Å²) in [4.78, 5) is 12.2. The summed E-state index contributed by atoms with van der Waals surface area (Å²) in [5.74, 6) is -0.430. The lowest BCUT2D eigenvalue weighted by molar-refractivity contribution is -0.238. The lowest BCUT2D eigenvalue weighted by Crippen LogP contribution is -2.48. The van der Waals surface area contributed by atoms with Crippen LogP contribution in [0.3, 0.4) is 0 Å². The minimum absolute atomic E-state index is 0.261. The first-order chi connectivity index (χ1) is 10.4. The molecule has 0 bridgehead atoms. The number of nitrogens with one attached hydrogen (secondary N) is 1. The molecule has 0 spiro atoms. The fourth-order valence-corrected chi connectivity index (χ4v) is 3.15. The van der Waals surface area contributed by atoms with E-state index in [0.717, 1.165) is 5.06 Å². The fourth-order valence-electron chi connectivity index (χ4n) is 2.67. The number of hydrogen-bond acceptors (Lipinski definition) is 4. The molecule has 0 fully saturated rings. The summed E-state index contributed by atoms with van der Waals surface area (Å²) >= 11 is 0. The molecule has 1 aromatic rings. The zero-order valence-electron chi connectivity index (χ0n) is 13.3. The predicted molar refractivity (Wildman–Crippen MR) is 83.7 cm³/mol. The molecule has 0 aliphatic carbocycles. The van der Waals surface area contributed by atoms with Crippen LogP contribution in [0.2, 0.25) is 0 Å². The van der Waals surface area contributed by atoms with E-state index in [9.17, 15) is 18.4 Å². The molecular weight excluding hydrogens is 320 g/mol. The Morgan fingerprint density at radius 2 is 1.65 bits per heavy atom. The first kappa shape index (κ1) is 17.6. The molecule has 1 radical (unpaired) electrons. The van der Waals surface area contributed by atoms with Crippen molar-refractivity contribution in [3.05, 3.63) is 35.9 Å². The van der Waals surface area contributed by atoms with E-state index in [1.165, 1.54) is 24.3 Å². The van der Waals surface area contributed by atoms with Gasteiger partial charge < -0.3 is 5.32 Å². The minimum atomic E-state index is -4.28. The smallest absolute Gasteiger partial charge is 0.294 e. The molecule has 0 saturated carbocycles. The van der Waals surface area contributed by atoms with Gasteiger partial charge in [0, 0.05) is 11.3 Å². The van der Waals surface area contributed by atoms with E-state index in [1.807, 2.05) is 0 Å². The average Bonchev–Trinajstić information content (AvgIpc) is 2.58. The van der Waals surface area contributed by atoms with Crippen molar-refractivity contribution in [2.45, 2.75) is 43.7 Å². The molecule has 1 aliphatic heterocycles. The van der Waals surface area contributed by atoms with Crippen LogP contribution in [0.4, 0.5) is 5.69 Å². The van der Waals surface area contributed by atoms with Crippen LogP contribution >= 0.6 is 0 Å². The van der Waals surface area contributed by atoms with Gasteiger partial charge in [-0.3, -0.25) is 9.35 Å². The Balaban J connectivity index is 2.23. The maximum absolute atomic E-state index is 12.4. The van der Waals surface area contributed by atoms with Gasteiger partial charge in [0.1, 0.15) is 0 Å². The van der Waals surface area contributed by atoms with Crippen molar-refractivity contribution in [3.8, 4) is 0 Å². The van der Waals surface area contributed by atoms with Crippen LogP contribution in [0.15, 0.2) is 40.8 Å². The fraction of sp³-hybridized carbons (Fsp3) is 0.400. The molecule has 125 valence electrons. The number of rotatable bonds is 3. The topological polar surface area (TPSA) is 107 Å². The van der Waals surface area contributed by atoms with Gasteiger partial charge in [0.2, 0.25) is 0 Å². The highest BCUT2D eigenvalue weighted by atomic mass is 32.2. The van der Waals surface area contributed by atoms with Gasteiger partial charge in [0.05, 0.1) is 16.0 Å². The van der Waals surface area contributed by atoms with Crippen LogP contribution in [0.5, 0.6) is 0 Å². The molecule has 0 saturated heterocycles. The summed E-state index contributed by atoms with van der Waals surface area (Å²) in [7, 11) is -4.28. The van der Waals surface area contributed by atoms with E-state index in [0.29, 0.717) is 11.3 Å². The monoisotopic (exact) mass is 339 g/mol. The molecule has 0 aromatic heterocycles. The highest BCUT2D eigenvalue weighted by Gasteiger charge is 2.48. The minimum Gasteiger partial charge on any atom is -0.322 e. The third-order valence-corrected chi connectivity index (χ3v) is 4.71. The summed E-state index contributed by atoms with van der Waals surface area (Å²) in [5.41, 5.74) is -1.05. The molecule has 23 heavy (non-hydrogen) atoms. The Bertz CT molecular complexity index is 764. The third kappa shape index (κ3) is 3.30. The number of carbonyl (C=O) groups excluding carboxylic acids is 1. The highest BCUT2D eigenvalue weighted by molar-refractivity contribution is 7.85. The molecule has 0 atom stereocenters. The molecular formula is C15H19N2O5S. The second-order valence-electron chi connectivity index (χ2n) is 6.52. The van der Waals surface area contributed by atoms with E-state index >= 15 is 0 Å². The average molecular weight is 339 g/mol. The summed E-state index contributed by atoms with van der Waals surface area (Å²) in [5, 5.41) is 15.8. The number of amides is 1. The molecule has 8 heteroatoms. The van der Waals surface area contributed by atoms with Gasteiger partial charge in [-0.2, -0.15) is 8.42 Å².